The predicted molar refractivity (Wildman–Crippen MR) is 120 cm³/mol. The molecule has 0 saturated heterocycles. The van der Waals surface area contributed by atoms with Crippen molar-refractivity contribution in [3.63, 3.8) is 0 Å². The van der Waals surface area contributed by atoms with E-state index in [0.29, 0.717) is 13.1 Å². The molecule has 2 heterocycles. The predicted octanol–water partition coefficient (Wildman–Crippen LogP) is 4.04. The van der Waals surface area contributed by atoms with Gasteiger partial charge in [0.2, 0.25) is 6.79 Å². The first-order chi connectivity index (χ1) is 12.5. The average molecular weight is 502 g/mol. The van der Waals surface area contributed by atoms with E-state index in [9.17, 15) is 0 Å². The van der Waals surface area contributed by atoms with E-state index in [-0.39, 0.29) is 36.2 Å². The molecule has 2 aromatic rings. The summed E-state index contributed by atoms with van der Waals surface area (Å²) in [6, 6.07) is 5.92. The third-order valence-corrected chi connectivity index (χ3v) is 4.78. The zero-order valence-corrected chi connectivity index (χ0v) is 19.3. The second kappa shape index (κ2) is 9.59. The van der Waals surface area contributed by atoms with Crippen molar-refractivity contribution in [1.29, 1.82) is 0 Å². The largest absolute Gasteiger partial charge is 0.454 e. The van der Waals surface area contributed by atoms with Crippen molar-refractivity contribution in [2.24, 2.45) is 4.99 Å². The molecule has 0 fully saturated rings. The molecule has 27 heavy (non-hydrogen) atoms. The highest BCUT2D eigenvalue weighted by molar-refractivity contribution is 14.0. The molecule has 0 atom stereocenters. The summed E-state index contributed by atoms with van der Waals surface area (Å²) in [5.41, 5.74) is 2.28. The molecule has 3 rings (SSSR count). The van der Waals surface area contributed by atoms with Crippen LogP contribution in [0.25, 0.3) is 0 Å². The van der Waals surface area contributed by atoms with Crippen molar-refractivity contribution in [2.45, 2.75) is 46.2 Å². The third kappa shape index (κ3) is 5.97. The van der Waals surface area contributed by atoms with Gasteiger partial charge in [0.1, 0.15) is 5.01 Å². The summed E-state index contributed by atoms with van der Waals surface area (Å²) in [6.45, 7) is 10.9. The number of rotatable bonds is 5. The Morgan fingerprint density at radius 3 is 2.70 bits per heavy atom. The molecule has 1 aromatic carbocycles. The number of hydrogen-bond acceptors (Lipinski definition) is 5. The Balaban J connectivity index is 0.00000261. The van der Waals surface area contributed by atoms with Gasteiger partial charge in [0.25, 0.3) is 0 Å². The van der Waals surface area contributed by atoms with Crippen molar-refractivity contribution in [2.75, 3.05) is 13.3 Å². The van der Waals surface area contributed by atoms with Crippen molar-refractivity contribution in [3.8, 4) is 11.5 Å². The Morgan fingerprint density at radius 2 is 2.00 bits per heavy atom. The molecule has 0 unspecified atom stereocenters. The van der Waals surface area contributed by atoms with Crippen LogP contribution in [0.5, 0.6) is 11.5 Å². The van der Waals surface area contributed by atoms with Crippen LogP contribution in [0.4, 0.5) is 0 Å². The lowest BCUT2D eigenvalue weighted by atomic mass is 9.93. The average Bonchev–Trinajstić information content (AvgIpc) is 3.25. The fourth-order valence-electron chi connectivity index (χ4n) is 2.45. The molecule has 1 aromatic heterocycles. The summed E-state index contributed by atoms with van der Waals surface area (Å²) in [5, 5.41) is 9.82. The van der Waals surface area contributed by atoms with Gasteiger partial charge in [-0.15, -0.1) is 35.3 Å². The van der Waals surface area contributed by atoms with Crippen LogP contribution in [0.3, 0.4) is 0 Å². The molecule has 0 amide bonds. The van der Waals surface area contributed by atoms with Gasteiger partial charge in [0.15, 0.2) is 17.5 Å². The van der Waals surface area contributed by atoms with Gasteiger partial charge >= 0.3 is 0 Å². The summed E-state index contributed by atoms with van der Waals surface area (Å²) in [6.07, 6.45) is 0. The summed E-state index contributed by atoms with van der Waals surface area (Å²) >= 11 is 1.68. The lowest BCUT2D eigenvalue weighted by Gasteiger charge is -2.14. The Labute approximate surface area is 181 Å². The molecule has 0 saturated carbocycles. The SMILES string of the molecule is CCNC(=NCc1ccc2c(c1)OCO2)NCc1nc(C(C)(C)C)cs1.I. The molecule has 8 heteroatoms. The summed E-state index contributed by atoms with van der Waals surface area (Å²) in [4.78, 5) is 9.37. The maximum atomic E-state index is 5.42. The Morgan fingerprint density at radius 1 is 1.22 bits per heavy atom. The van der Waals surface area contributed by atoms with Crippen LogP contribution in [-0.4, -0.2) is 24.3 Å². The molecular weight excluding hydrogens is 475 g/mol. The van der Waals surface area contributed by atoms with E-state index in [1.807, 2.05) is 18.2 Å². The van der Waals surface area contributed by atoms with Crippen LogP contribution in [0, 0.1) is 0 Å². The number of halogens is 1. The van der Waals surface area contributed by atoms with Crippen molar-refractivity contribution in [3.05, 3.63) is 39.8 Å². The first kappa shape index (κ1) is 21.7. The van der Waals surface area contributed by atoms with Gasteiger partial charge in [-0.3, -0.25) is 0 Å². The maximum Gasteiger partial charge on any atom is 0.231 e. The number of aromatic nitrogens is 1. The number of nitrogens with zero attached hydrogens (tertiary/aromatic N) is 2. The van der Waals surface area contributed by atoms with Gasteiger partial charge in [-0.05, 0) is 24.6 Å². The van der Waals surface area contributed by atoms with Crippen molar-refractivity contribution < 1.29 is 9.47 Å². The van der Waals surface area contributed by atoms with Crippen LogP contribution < -0.4 is 20.1 Å². The van der Waals surface area contributed by atoms with Gasteiger partial charge in [0.05, 0.1) is 18.8 Å². The number of hydrogen-bond donors (Lipinski definition) is 2. The van der Waals surface area contributed by atoms with Gasteiger partial charge in [0, 0.05) is 17.3 Å². The molecule has 2 N–H and O–H groups in total. The normalized spacial score (nSPS) is 13.3. The molecule has 0 radical (unpaired) electrons. The highest BCUT2D eigenvalue weighted by Gasteiger charge is 2.17. The maximum absolute atomic E-state index is 5.42. The lowest BCUT2D eigenvalue weighted by molar-refractivity contribution is 0.174. The van der Waals surface area contributed by atoms with Crippen LogP contribution in [0.1, 0.15) is 44.0 Å². The highest BCUT2D eigenvalue weighted by Crippen LogP contribution is 2.32. The van der Waals surface area contributed by atoms with E-state index >= 15 is 0 Å². The zero-order chi connectivity index (χ0) is 18.6. The fourth-order valence-corrected chi connectivity index (χ4v) is 3.41. The molecule has 1 aliphatic heterocycles. The number of benzene rings is 1. The van der Waals surface area contributed by atoms with Crippen molar-refractivity contribution in [1.82, 2.24) is 15.6 Å². The first-order valence-electron chi connectivity index (χ1n) is 8.81. The van der Waals surface area contributed by atoms with Gasteiger partial charge in [-0.2, -0.15) is 0 Å². The second-order valence-corrected chi connectivity index (χ2v) is 8.06. The second-order valence-electron chi connectivity index (χ2n) is 7.11. The summed E-state index contributed by atoms with van der Waals surface area (Å²) in [5.74, 6) is 2.35. The van der Waals surface area contributed by atoms with E-state index in [1.54, 1.807) is 11.3 Å². The number of thiazole rings is 1. The molecule has 0 spiro atoms. The van der Waals surface area contributed by atoms with E-state index < -0.39 is 0 Å². The van der Waals surface area contributed by atoms with Crippen LogP contribution in [-0.2, 0) is 18.5 Å². The molecule has 1 aliphatic rings. The van der Waals surface area contributed by atoms with Crippen molar-refractivity contribution >= 4 is 41.3 Å². The van der Waals surface area contributed by atoms with Gasteiger partial charge in [-0.1, -0.05) is 26.8 Å². The topological polar surface area (TPSA) is 67.8 Å². The minimum atomic E-state index is 0. The summed E-state index contributed by atoms with van der Waals surface area (Å²) < 4.78 is 10.8. The van der Waals surface area contributed by atoms with Crippen LogP contribution in [0.15, 0.2) is 28.6 Å². The quantitative estimate of drug-likeness (QED) is 0.367. The highest BCUT2D eigenvalue weighted by atomic mass is 127. The van der Waals surface area contributed by atoms with E-state index in [1.165, 1.54) is 0 Å². The zero-order valence-electron chi connectivity index (χ0n) is 16.2. The third-order valence-electron chi connectivity index (χ3n) is 3.93. The molecule has 0 aliphatic carbocycles. The molecule has 0 bridgehead atoms. The number of guanidine groups is 1. The van der Waals surface area contributed by atoms with Crippen LogP contribution >= 0.6 is 35.3 Å². The van der Waals surface area contributed by atoms with E-state index in [2.05, 4.69) is 48.7 Å². The minimum absolute atomic E-state index is 0. The molecule has 148 valence electrons. The Kier molecular flexibility index (Phi) is 7.72. The van der Waals surface area contributed by atoms with Gasteiger partial charge in [-0.25, -0.2) is 9.98 Å². The summed E-state index contributed by atoms with van der Waals surface area (Å²) in [7, 11) is 0. The van der Waals surface area contributed by atoms with E-state index in [4.69, 9.17) is 14.5 Å². The Bertz CT molecular complexity index is 786. The minimum Gasteiger partial charge on any atom is -0.454 e. The molecule has 6 nitrogen and oxygen atoms in total. The first-order valence-corrected chi connectivity index (χ1v) is 9.69. The fraction of sp³-hybridized carbons (Fsp3) is 0.474. The number of ether oxygens (including phenoxy) is 2. The van der Waals surface area contributed by atoms with Crippen LogP contribution in [0.2, 0.25) is 0 Å². The smallest absolute Gasteiger partial charge is 0.231 e. The monoisotopic (exact) mass is 502 g/mol. The standard InChI is InChI=1S/C19H26N4O2S.HI/c1-5-20-18(22-10-17-23-16(11-26-17)19(2,3)4)21-9-13-6-7-14-15(8-13)25-12-24-14;/h6-8,11H,5,9-10,12H2,1-4H3,(H2,20,21,22);1H. The Hall–Kier alpha value is -1.55. The van der Waals surface area contributed by atoms with Gasteiger partial charge < -0.3 is 20.1 Å². The lowest BCUT2D eigenvalue weighted by Crippen LogP contribution is -2.36. The van der Waals surface area contributed by atoms with E-state index in [0.717, 1.165) is 40.3 Å². The number of fused-ring (bicyclic) bond motifs is 1. The number of nitrogens with one attached hydrogen (secondary N) is 2. The number of aliphatic imine (C=N–C) groups is 1. The molecular formula is C19H27IN4O2S.